The summed E-state index contributed by atoms with van der Waals surface area (Å²) in [4.78, 5) is 24.1. The molecule has 0 bridgehead atoms. The van der Waals surface area contributed by atoms with Gasteiger partial charge in [0.15, 0.2) is 5.69 Å². The molecule has 3 heterocycles. The lowest BCUT2D eigenvalue weighted by Gasteiger charge is -2.16. The first-order valence-electron chi connectivity index (χ1n) is 10.8. The summed E-state index contributed by atoms with van der Waals surface area (Å²) in [5.74, 6) is -1.13. The summed E-state index contributed by atoms with van der Waals surface area (Å²) in [5.41, 5.74) is -1.33. The Morgan fingerprint density at radius 1 is 1.05 bits per heavy atom. The lowest BCUT2D eigenvalue weighted by molar-refractivity contribution is -0.141. The molecule has 1 fully saturated rings. The normalized spacial score (nSPS) is 15.0. The highest BCUT2D eigenvalue weighted by molar-refractivity contribution is 7.89. The third kappa shape index (κ3) is 5.15. The number of pyridine rings is 1. The number of alkyl halides is 3. The second-order valence-electron chi connectivity index (χ2n) is 8.44. The van der Waals surface area contributed by atoms with Crippen molar-refractivity contribution in [3.8, 4) is 11.3 Å². The van der Waals surface area contributed by atoms with E-state index >= 15 is 0 Å². The molecule has 0 radical (unpaired) electrons. The molecule has 0 saturated heterocycles. The van der Waals surface area contributed by atoms with Crippen LogP contribution in [-0.2, 0) is 27.5 Å². The van der Waals surface area contributed by atoms with Crippen LogP contribution < -0.4 is 10.0 Å². The Morgan fingerprint density at radius 3 is 2.51 bits per heavy atom. The van der Waals surface area contributed by atoms with Gasteiger partial charge in [-0.1, -0.05) is 0 Å². The quantitative estimate of drug-likeness (QED) is 0.347. The van der Waals surface area contributed by atoms with Gasteiger partial charge in [-0.15, -0.1) is 0 Å². The molecule has 4 aromatic rings. The average molecular weight is 535 g/mol. The molecular formula is C23H17F4N5O4S. The van der Waals surface area contributed by atoms with E-state index in [1.807, 2.05) is 0 Å². The Hall–Kier alpha value is -3.91. The first-order chi connectivity index (χ1) is 17.5. The zero-order valence-corrected chi connectivity index (χ0v) is 19.5. The zero-order chi connectivity index (χ0) is 26.4. The van der Waals surface area contributed by atoms with Gasteiger partial charge in [0.1, 0.15) is 16.9 Å². The lowest BCUT2D eigenvalue weighted by Crippen LogP contribution is -2.48. The van der Waals surface area contributed by atoms with Gasteiger partial charge in [-0.05, 0) is 43.2 Å². The van der Waals surface area contributed by atoms with E-state index in [1.54, 1.807) is 0 Å². The largest absolute Gasteiger partial charge is 0.443 e. The van der Waals surface area contributed by atoms with Crippen LogP contribution in [0, 0.1) is 5.82 Å². The number of hydrogen-bond acceptors (Lipinski definition) is 7. The minimum absolute atomic E-state index is 0.0753. The molecule has 3 aromatic heterocycles. The highest BCUT2D eigenvalue weighted by atomic mass is 32.2. The molecule has 14 heteroatoms. The van der Waals surface area contributed by atoms with Crippen LogP contribution in [0.1, 0.15) is 24.2 Å². The Kier molecular flexibility index (Phi) is 5.95. The first-order valence-corrected chi connectivity index (χ1v) is 12.3. The van der Waals surface area contributed by atoms with Crippen LogP contribution in [-0.4, -0.2) is 34.8 Å². The second-order valence-corrected chi connectivity index (χ2v) is 10.1. The molecule has 1 saturated carbocycles. The van der Waals surface area contributed by atoms with E-state index in [0.717, 1.165) is 18.3 Å². The fourth-order valence-electron chi connectivity index (χ4n) is 3.63. The molecule has 0 spiro atoms. The number of carbonyl (C=O) groups is 1. The van der Waals surface area contributed by atoms with Crippen molar-refractivity contribution in [1.29, 1.82) is 0 Å². The van der Waals surface area contributed by atoms with Crippen LogP contribution in [0.15, 0.2) is 64.5 Å². The van der Waals surface area contributed by atoms with Gasteiger partial charge in [-0.25, -0.2) is 17.8 Å². The van der Waals surface area contributed by atoms with E-state index in [9.17, 15) is 30.8 Å². The molecule has 0 atom stereocenters. The van der Waals surface area contributed by atoms with Crippen molar-refractivity contribution in [2.24, 2.45) is 0 Å². The molecule has 9 nitrogen and oxygen atoms in total. The topological polar surface area (TPSA) is 127 Å². The van der Waals surface area contributed by atoms with Crippen LogP contribution in [0.4, 0.5) is 17.6 Å². The number of carbonyl (C=O) groups excluding carboxylic acids is 1. The molecule has 5 rings (SSSR count). The molecule has 0 aliphatic heterocycles. The van der Waals surface area contributed by atoms with Gasteiger partial charge in [0, 0.05) is 23.2 Å². The Labute approximate surface area is 207 Å². The van der Waals surface area contributed by atoms with Crippen LogP contribution in [0.3, 0.4) is 0 Å². The van der Waals surface area contributed by atoms with Crippen molar-refractivity contribution in [2.45, 2.75) is 36.2 Å². The van der Waals surface area contributed by atoms with Gasteiger partial charge in [0.2, 0.25) is 11.0 Å². The molecule has 1 aromatic carbocycles. The van der Waals surface area contributed by atoms with Crippen LogP contribution in [0.2, 0.25) is 0 Å². The number of rotatable bonds is 7. The molecule has 1 aliphatic carbocycles. The van der Waals surface area contributed by atoms with Gasteiger partial charge in [0.05, 0.1) is 30.3 Å². The first kappa shape index (κ1) is 24.8. The van der Waals surface area contributed by atoms with Crippen LogP contribution >= 0.6 is 0 Å². The van der Waals surface area contributed by atoms with Gasteiger partial charge in [0.25, 0.3) is 10.0 Å². The number of benzene rings is 1. The molecule has 1 amide bonds. The van der Waals surface area contributed by atoms with Crippen molar-refractivity contribution in [2.75, 3.05) is 0 Å². The third-order valence-corrected chi connectivity index (χ3v) is 7.11. The maximum atomic E-state index is 13.4. The summed E-state index contributed by atoms with van der Waals surface area (Å²) >= 11 is 0. The Balaban J connectivity index is 1.26. The zero-order valence-electron chi connectivity index (χ0n) is 18.7. The van der Waals surface area contributed by atoms with Crippen molar-refractivity contribution < 1.29 is 35.2 Å². The average Bonchev–Trinajstić information content (AvgIpc) is 3.49. The second kappa shape index (κ2) is 8.88. The van der Waals surface area contributed by atoms with E-state index in [0.29, 0.717) is 17.5 Å². The number of halogens is 4. The minimum Gasteiger partial charge on any atom is -0.443 e. The monoisotopic (exact) mass is 535 g/mol. The van der Waals surface area contributed by atoms with Crippen molar-refractivity contribution >= 4 is 26.9 Å². The predicted molar refractivity (Wildman–Crippen MR) is 121 cm³/mol. The highest BCUT2D eigenvalue weighted by Crippen LogP contribution is 2.38. The van der Waals surface area contributed by atoms with Crippen molar-refractivity contribution in [3.05, 3.63) is 72.2 Å². The SMILES string of the molecule is O=C(NCc1cc(-c2cnc(C(F)(F)F)cn2)ccn1)C1(NS(=O)(=O)c2cc3cc(F)ccc3o2)CC1. The number of aromatic nitrogens is 3. The Morgan fingerprint density at radius 2 is 1.84 bits per heavy atom. The van der Waals surface area contributed by atoms with Gasteiger partial charge < -0.3 is 9.73 Å². The number of sulfonamides is 1. The number of hydrogen-bond donors (Lipinski definition) is 2. The summed E-state index contributed by atoms with van der Waals surface area (Å²) in [6, 6.07) is 7.80. The van der Waals surface area contributed by atoms with E-state index in [4.69, 9.17) is 4.42 Å². The molecule has 192 valence electrons. The Bertz CT molecular complexity index is 1600. The maximum absolute atomic E-state index is 13.4. The molecule has 2 N–H and O–H groups in total. The summed E-state index contributed by atoms with van der Waals surface area (Å²) < 4.78 is 84.9. The fraction of sp³-hybridized carbons (Fsp3) is 0.217. The summed E-state index contributed by atoms with van der Waals surface area (Å²) in [6.07, 6.45) is -1.10. The van der Waals surface area contributed by atoms with Crippen LogP contribution in [0.5, 0.6) is 0 Å². The number of nitrogens with one attached hydrogen (secondary N) is 2. The molecular weight excluding hydrogens is 518 g/mol. The minimum atomic E-state index is -4.61. The van der Waals surface area contributed by atoms with E-state index in [1.165, 1.54) is 30.5 Å². The predicted octanol–water partition coefficient (Wildman–Crippen LogP) is 3.57. The van der Waals surface area contributed by atoms with Gasteiger partial charge in [-0.2, -0.15) is 17.9 Å². The maximum Gasteiger partial charge on any atom is 0.434 e. The van der Waals surface area contributed by atoms with Crippen molar-refractivity contribution in [3.63, 3.8) is 0 Å². The number of nitrogens with zero attached hydrogens (tertiary/aromatic N) is 3. The van der Waals surface area contributed by atoms with E-state index in [-0.39, 0.29) is 36.0 Å². The smallest absolute Gasteiger partial charge is 0.434 e. The summed E-state index contributed by atoms with van der Waals surface area (Å²) in [7, 11) is -4.23. The number of amides is 1. The standard InChI is InChI=1S/C23H17F4N5O4S/c24-15-1-2-18-14(7-15)9-20(36-18)37(34,35)32-22(4-5-22)21(33)31-10-16-8-13(3-6-28-16)17-11-30-19(12-29-17)23(25,26)27/h1-3,6-9,11-12,32H,4-5,10H2,(H,31,33). The van der Waals surface area contributed by atoms with Gasteiger partial charge in [-0.3, -0.25) is 14.8 Å². The van der Waals surface area contributed by atoms with Crippen molar-refractivity contribution in [1.82, 2.24) is 25.0 Å². The number of furan rings is 1. The third-order valence-electron chi connectivity index (χ3n) is 5.72. The lowest BCUT2D eigenvalue weighted by atomic mass is 10.1. The van der Waals surface area contributed by atoms with Gasteiger partial charge >= 0.3 is 6.18 Å². The van der Waals surface area contributed by atoms with Crippen LogP contribution in [0.25, 0.3) is 22.2 Å². The summed E-state index contributed by atoms with van der Waals surface area (Å²) in [6.45, 7) is -0.0753. The highest BCUT2D eigenvalue weighted by Gasteiger charge is 2.53. The fourth-order valence-corrected chi connectivity index (χ4v) is 5.02. The van der Waals surface area contributed by atoms with E-state index < -0.39 is 44.2 Å². The molecule has 37 heavy (non-hydrogen) atoms. The van der Waals surface area contributed by atoms with E-state index in [2.05, 4.69) is 25.0 Å². The number of fused-ring (bicyclic) bond motifs is 1. The molecule has 0 unspecified atom stereocenters. The molecule has 1 aliphatic rings. The summed E-state index contributed by atoms with van der Waals surface area (Å²) in [5, 5.41) is 2.44.